The van der Waals surface area contributed by atoms with Gasteiger partial charge in [-0.1, -0.05) is 27.7 Å². The highest BCUT2D eigenvalue weighted by molar-refractivity contribution is 8.16. The Bertz CT molecular complexity index is 2950. The van der Waals surface area contributed by atoms with E-state index in [2.05, 4.69) is 396 Å². The normalized spacial score (nSPS) is 28.4. The summed E-state index contributed by atoms with van der Waals surface area (Å²) in [5.74, 6) is 4.24. The van der Waals surface area contributed by atoms with Gasteiger partial charge in [0.15, 0.2) is 23.5 Å². The summed E-state index contributed by atoms with van der Waals surface area (Å²) in [5.41, 5.74) is 1.55. The van der Waals surface area contributed by atoms with Crippen molar-refractivity contribution in [1.82, 2.24) is 9.80 Å². The van der Waals surface area contributed by atoms with Crippen LogP contribution in [0.3, 0.4) is 0 Å². The van der Waals surface area contributed by atoms with E-state index >= 15 is 0 Å². The molecule has 1 fully saturated rings. The van der Waals surface area contributed by atoms with Crippen LogP contribution in [0.2, 0.25) is 0 Å². The van der Waals surface area contributed by atoms with Crippen molar-refractivity contribution in [2.75, 3.05) is 14.1 Å². The average Bonchev–Trinajstić information content (AvgIpc) is 1.58. The van der Waals surface area contributed by atoms with E-state index < -0.39 is 5.79 Å². The van der Waals surface area contributed by atoms with E-state index in [9.17, 15) is 0 Å². The average molecular weight is 1530 g/mol. The molecule has 0 aliphatic carbocycles. The van der Waals surface area contributed by atoms with Crippen molar-refractivity contribution in [3.8, 4) is 0 Å². The van der Waals surface area contributed by atoms with Gasteiger partial charge in [-0.2, -0.15) is 0 Å². The highest BCUT2D eigenvalue weighted by atomic mass is 32.2. The molecule has 0 unspecified atom stereocenters. The van der Waals surface area contributed by atoms with Crippen LogP contribution >= 0.6 is 35.3 Å². The number of thioether (sulfide) groups is 3. The Hall–Kier alpha value is -3.00. The molecule has 10 heterocycles. The molecule has 612 valence electrons. The summed E-state index contributed by atoms with van der Waals surface area (Å²) >= 11 is 5.64. The van der Waals surface area contributed by atoms with Crippen molar-refractivity contribution in [3.05, 3.63) is 0 Å². The van der Waals surface area contributed by atoms with E-state index in [4.69, 9.17) is 28.7 Å². The number of aliphatic imine (C=N–C) groups is 9. The van der Waals surface area contributed by atoms with E-state index in [1.54, 1.807) is 0 Å². The Morgan fingerprint density at radius 2 is 0.467 bits per heavy atom. The van der Waals surface area contributed by atoms with Gasteiger partial charge in [0.2, 0.25) is 0 Å². The van der Waals surface area contributed by atoms with E-state index in [-0.39, 0.29) is 114 Å². The predicted octanol–water partition coefficient (Wildman–Crippen LogP) is 23.5. The zero-order chi connectivity index (χ0) is 84.4. The summed E-state index contributed by atoms with van der Waals surface area (Å²) in [6, 6.07) is 0. The minimum Gasteiger partial charge on any atom is -0.473 e. The van der Waals surface area contributed by atoms with Gasteiger partial charge in [-0.3, -0.25) is 30.0 Å². The van der Waals surface area contributed by atoms with Crippen LogP contribution in [0, 0.1) is 10.8 Å². The summed E-state index contributed by atoms with van der Waals surface area (Å²) < 4.78 is 28.8. The Morgan fingerprint density at radius 3 is 0.514 bits per heavy atom. The van der Waals surface area contributed by atoms with Crippen LogP contribution in [0.25, 0.3) is 0 Å². The minimum absolute atomic E-state index is 0.0475. The second-order valence-corrected chi connectivity index (χ2v) is 47.1. The fraction of sp³-hybridized carbons (Fsp3) is 0.895. The summed E-state index contributed by atoms with van der Waals surface area (Å²) in [6.45, 7) is 113. The molecule has 10 aliphatic heterocycles. The second kappa shape index (κ2) is 31.5. The number of hydrogen-bond acceptors (Lipinski definition) is 19. The van der Waals surface area contributed by atoms with Gasteiger partial charge in [-0.25, -0.2) is 15.0 Å². The SMILES string of the molecule is CC1(C)OC(C)(C)C(C)(C)O1.CC1=NC(C)(C)C(C)(C)C1(C)C.CC1=NC(C)(C)C(C)(C)N1C.CC1=NC(C)(C)C(C)(C)N1C.CC1=NC(C)(C)C(C)(C)O1.CC1=NC(C)(C)C(C)(C)O1.CC1=NC(C)(C)C(C)(C)O1.CC1=NC(C)(C)C(C)(C)S1.CC1=NC(C)(C)C(C)(C)S1.CC1=NC(C)(C)C(C)(C)S1. The van der Waals surface area contributed by atoms with Gasteiger partial charge in [0.05, 0.1) is 98.9 Å². The van der Waals surface area contributed by atoms with Crippen molar-refractivity contribution in [1.29, 1.82) is 0 Å². The van der Waals surface area contributed by atoms with Crippen molar-refractivity contribution in [2.24, 2.45) is 55.8 Å². The van der Waals surface area contributed by atoms with Gasteiger partial charge in [0, 0.05) is 60.2 Å². The molecule has 0 saturated carbocycles. The number of ether oxygens (including phenoxy) is 5. The zero-order valence-electron chi connectivity index (χ0n) is 78.7. The molecule has 0 aromatic rings. The molecule has 0 radical (unpaired) electrons. The molecule has 0 bridgehead atoms. The molecule has 1 saturated heterocycles. The van der Waals surface area contributed by atoms with Crippen LogP contribution in [0.15, 0.2) is 44.9 Å². The number of hydrogen-bond donors (Lipinski definition) is 0. The molecular formula is C86H165N11O5S3. The Labute approximate surface area is 660 Å². The quantitative estimate of drug-likeness (QED) is 0.228. The molecule has 105 heavy (non-hydrogen) atoms. The molecule has 19 heteroatoms. The van der Waals surface area contributed by atoms with Crippen molar-refractivity contribution in [3.63, 3.8) is 0 Å². The predicted molar refractivity (Wildman–Crippen MR) is 471 cm³/mol. The molecule has 0 N–H and O–H groups in total. The molecule has 0 spiro atoms. The van der Waals surface area contributed by atoms with Crippen LogP contribution in [0.1, 0.15) is 367 Å². The first-order valence-corrected chi connectivity index (χ1v) is 41.0. The van der Waals surface area contributed by atoms with Crippen LogP contribution < -0.4 is 0 Å². The third kappa shape index (κ3) is 22.7. The van der Waals surface area contributed by atoms with Crippen LogP contribution in [-0.4, -0.2) is 183 Å². The first kappa shape index (κ1) is 100. The topological polar surface area (TPSA) is 164 Å². The summed E-state index contributed by atoms with van der Waals surface area (Å²) in [5, 5.41) is 3.65. The summed E-state index contributed by atoms with van der Waals surface area (Å²) in [6.07, 6.45) is 0. The maximum Gasteiger partial charge on any atom is 0.181 e. The molecule has 0 aromatic carbocycles. The van der Waals surface area contributed by atoms with Crippen LogP contribution in [0.5, 0.6) is 0 Å². The Kier molecular flexibility index (Phi) is 30.0. The maximum atomic E-state index is 5.73. The summed E-state index contributed by atoms with van der Waals surface area (Å²) in [7, 11) is 4.21. The van der Waals surface area contributed by atoms with E-state index in [0.717, 1.165) is 29.4 Å². The zero-order valence-corrected chi connectivity index (χ0v) is 81.1. The highest BCUT2D eigenvalue weighted by Gasteiger charge is 2.56. The smallest absolute Gasteiger partial charge is 0.181 e. The molecule has 0 atom stereocenters. The van der Waals surface area contributed by atoms with Crippen molar-refractivity contribution in [2.45, 2.75) is 476 Å². The molecule has 10 rings (SSSR count). The largest absolute Gasteiger partial charge is 0.473 e. The molecule has 0 amide bonds. The number of nitrogens with zero attached hydrogens (tertiary/aromatic N) is 11. The number of rotatable bonds is 0. The fourth-order valence-corrected chi connectivity index (χ4v) is 16.5. The van der Waals surface area contributed by atoms with Crippen LogP contribution in [-0.2, 0) is 23.7 Å². The molecule has 10 aliphatic rings. The van der Waals surface area contributed by atoms with Gasteiger partial charge in [0.25, 0.3) is 0 Å². The second-order valence-electron chi connectivity index (χ2n) is 41.6. The van der Waals surface area contributed by atoms with Gasteiger partial charge < -0.3 is 33.5 Å². The molecular weight excluding hydrogens is 1360 g/mol. The molecule has 0 aromatic heterocycles. The first-order valence-electron chi connectivity index (χ1n) is 38.6. The monoisotopic (exact) mass is 1530 g/mol. The lowest BCUT2D eigenvalue weighted by Crippen LogP contribution is -2.50. The standard InChI is InChI=1S/C11H21N.2C9H18N2.C9H18O2.3C8H15NO.3C8H15NS/c1-8-9(2,3)10(4,5)11(6,7)12-8;2*1-7-10-8(2,3)9(4,5)11(7)6;1-7(2)8(3,4)11-9(5,6)10-7;6*1-6-9-7(2,3)8(4,5)10-6/h1-7H3;3*1-6H3;6*1-5H3. The molecule has 16 nitrogen and oxygen atoms in total. The lowest BCUT2D eigenvalue weighted by atomic mass is 9.60. The van der Waals surface area contributed by atoms with E-state index in [1.165, 1.54) is 20.8 Å². The lowest BCUT2D eigenvalue weighted by molar-refractivity contribution is -0.163. The van der Waals surface area contributed by atoms with Crippen molar-refractivity contribution < 1.29 is 23.7 Å². The number of amidine groups is 2. The Balaban J connectivity index is 0.000000584. The minimum atomic E-state index is -0.438. The number of likely N-dealkylation sites (N-methyl/N-ethyl adjacent to an activating group) is 2. The highest BCUT2D eigenvalue weighted by Crippen LogP contribution is 2.55. The van der Waals surface area contributed by atoms with Gasteiger partial charge in [0.1, 0.15) is 16.8 Å². The Morgan fingerprint density at radius 1 is 0.248 bits per heavy atom. The van der Waals surface area contributed by atoms with Gasteiger partial charge in [-0.05, 0) is 324 Å². The fourth-order valence-electron chi connectivity index (χ4n) is 12.5. The van der Waals surface area contributed by atoms with Gasteiger partial charge in [-0.15, -0.1) is 35.3 Å². The van der Waals surface area contributed by atoms with Gasteiger partial charge >= 0.3 is 0 Å². The van der Waals surface area contributed by atoms with E-state index in [0.29, 0.717) is 0 Å². The third-order valence-corrected chi connectivity index (χ3v) is 31.5. The lowest BCUT2D eigenvalue weighted by Gasteiger charge is -2.43. The van der Waals surface area contributed by atoms with Crippen LogP contribution in [0.4, 0.5) is 0 Å². The maximum absolute atomic E-state index is 5.73. The first-order chi connectivity index (χ1) is 45.5. The third-order valence-electron chi connectivity index (χ3n) is 27.3. The van der Waals surface area contributed by atoms with E-state index in [1.807, 2.05) is 69.9 Å². The summed E-state index contributed by atoms with van der Waals surface area (Å²) in [4.78, 5) is 45.2. The van der Waals surface area contributed by atoms with Crippen molar-refractivity contribution >= 4 is 85.5 Å².